The van der Waals surface area contributed by atoms with Gasteiger partial charge in [-0.05, 0) is 30.5 Å². The predicted molar refractivity (Wildman–Crippen MR) is 91.8 cm³/mol. The number of unbranched alkanes of at least 4 members (excludes halogenated alkanes) is 4. The van der Waals surface area contributed by atoms with Crippen LogP contribution < -0.4 is 5.32 Å². The van der Waals surface area contributed by atoms with Crippen molar-refractivity contribution in [2.75, 3.05) is 20.3 Å². The van der Waals surface area contributed by atoms with Crippen molar-refractivity contribution in [1.29, 1.82) is 0 Å². The number of methoxy groups -OCH3 is 1. The molecule has 0 aliphatic heterocycles. The molecule has 0 saturated heterocycles. The van der Waals surface area contributed by atoms with Crippen LogP contribution in [0.15, 0.2) is 24.3 Å². The summed E-state index contributed by atoms with van der Waals surface area (Å²) < 4.78 is 5.13. The Labute approximate surface area is 131 Å². The van der Waals surface area contributed by atoms with Crippen molar-refractivity contribution in [3.05, 3.63) is 35.4 Å². The van der Waals surface area contributed by atoms with Crippen LogP contribution in [0.2, 0.25) is 0 Å². The van der Waals surface area contributed by atoms with Gasteiger partial charge in [-0.3, -0.25) is 0 Å². The van der Waals surface area contributed by atoms with Gasteiger partial charge in [-0.15, -0.1) is 0 Å². The summed E-state index contributed by atoms with van der Waals surface area (Å²) in [5, 5.41) is 3.63. The van der Waals surface area contributed by atoms with Gasteiger partial charge in [-0.25, -0.2) is 0 Å². The molecule has 0 heterocycles. The third-order valence-corrected chi connectivity index (χ3v) is 4.02. The molecule has 0 spiro atoms. The average molecular weight is 291 g/mol. The lowest BCUT2D eigenvalue weighted by molar-refractivity contribution is 0.202. The molecule has 0 saturated carbocycles. The Balaban J connectivity index is 2.46. The van der Waals surface area contributed by atoms with E-state index in [1.807, 2.05) is 0 Å². The third-order valence-electron chi connectivity index (χ3n) is 4.02. The van der Waals surface area contributed by atoms with Crippen LogP contribution in [0.5, 0.6) is 0 Å². The fourth-order valence-corrected chi connectivity index (χ4v) is 2.72. The van der Waals surface area contributed by atoms with Crippen molar-refractivity contribution in [1.82, 2.24) is 5.32 Å². The van der Waals surface area contributed by atoms with Crippen molar-refractivity contribution < 1.29 is 4.74 Å². The smallest absolute Gasteiger partial charge is 0.0502 e. The van der Waals surface area contributed by atoms with E-state index < -0.39 is 0 Å². The molecule has 1 N–H and O–H groups in total. The van der Waals surface area contributed by atoms with Crippen LogP contribution in [0.3, 0.4) is 0 Å². The van der Waals surface area contributed by atoms with Gasteiger partial charge in [0, 0.05) is 13.2 Å². The van der Waals surface area contributed by atoms with Crippen molar-refractivity contribution >= 4 is 0 Å². The molecule has 21 heavy (non-hydrogen) atoms. The van der Waals surface area contributed by atoms with E-state index >= 15 is 0 Å². The summed E-state index contributed by atoms with van der Waals surface area (Å²) in [6.07, 6.45) is 9.00. The second kappa shape index (κ2) is 11.8. The molecule has 2 heteroatoms. The largest absolute Gasteiger partial charge is 0.384 e. The van der Waals surface area contributed by atoms with Gasteiger partial charge in [0.1, 0.15) is 0 Å². The van der Waals surface area contributed by atoms with Gasteiger partial charge in [0.15, 0.2) is 0 Å². The molecule has 0 bridgehead atoms. The summed E-state index contributed by atoms with van der Waals surface area (Å²) in [4.78, 5) is 0. The molecule has 1 atom stereocenters. The van der Waals surface area contributed by atoms with E-state index in [4.69, 9.17) is 4.74 Å². The zero-order valence-corrected chi connectivity index (χ0v) is 14.2. The molecule has 2 nitrogen and oxygen atoms in total. The molecule has 0 radical (unpaired) electrons. The molecule has 1 aromatic carbocycles. The van der Waals surface area contributed by atoms with E-state index in [9.17, 15) is 0 Å². The Bertz CT molecular complexity index is 347. The maximum atomic E-state index is 5.13. The molecule has 0 aliphatic rings. The maximum absolute atomic E-state index is 5.13. The Morgan fingerprint density at radius 2 is 1.71 bits per heavy atom. The second-order valence-electron chi connectivity index (χ2n) is 5.80. The van der Waals surface area contributed by atoms with Crippen molar-refractivity contribution in [3.8, 4) is 0 Å². The van der Waals surface area contributed by atoms with Gasteiger partial charge in [0.2, 0.25) is 0 Å². The van der Waals surface area contributed by atoms with Crippen LogP contribution in [0.25, 0.3) is 0 Å². The van der Waals surface area contributed by atoms with Crippen molar-refractivity contribution in [3.63, 3.8) is 0 Å². The first kappa shape index (κ1) is 18.2. The summed E-state index contributed by atoms with van der Waals surface area (Å²) in [7, 11) is 1.76. The summed E-state index contributed by atoms with van der Waals surface area (Å²) in [6.45, 7) is 6.29. The monoisotopic (exact) mass is 291 g/mol. The molecular formula is C19H33NO. The first-order valence-electron chi connectivity index (χ1n) is 8.63. The number of nitrogens with one attached hydrogen (secondary N) is 1. The lowest BCUT2D eigenvalue weighted by Crippen LogP contribution is -2.20. The van der Waals surface area contributed by atoms with Gasteiger partial charge in [-0.1, -0.05) is 70.2 Å². The maximum Gasteiger partial charge on any atom is 0.0502 e. The fourth-order valence-electron chi connectivity index (χ4n) is 2.72. The topological polar surface area (TPSA) is 21.3 Å². The van der Waals surface area contributed by atoms with Crippen LogP contribution in [0, 0.1) is 0 Å². The molecular weight excluding hydrogens is 258 g/mol. The minimum atomic E-state index is 0.508. The number of benzene rings is 1. The normalized spacial score (nSPS) is 12.5. The highest BCUT2D eigenvalue weighted by Gasteiger charge is 2.09. The number of hydrogen-bond donors (Lipinski definition) is 1. The van der Waals surface area contributed by atoms with Crippen LogP contribution in [-0.4, -0.2) is 20.3 Å². The molecule has 0 amide bonds. The Morgan fingerprint density at radius 3 is 2.33 bits per heavy atom. The van der Waals surface area contributed by atoms with Crippen LogP contribution >= 0.6 is 0 Å². The van der Waals surface area contributed by atoms with E-state index in [2.05, 4.69) is 43.4 Å². The van der Waals surface area contributed by atoms with E-state index in [1.165, 1.54) is 49.7 Å². The van der Waals surface area contributed by atoms with Crippen molar-refractivity contribution in [2.45, 2.75) is 64.8 Å². The third kappa shape index (κ3) is 7.63. The minimum absolute atomic E-state index is 0.508. The molecule has 1 aromatic rings. The Morgan fingerprint density at radius 1 is 1.00 bits per heavy atom. The van der Waals surface area contributed by atoms with E-state index in [0.717, 1.165) is 19.6 Å². The predicted octanol–water partition coefficient (Wildman–Crippen LogP) is 4.89. The first-order chi connectivity index (χ1) is 10.3. The van der Waals surface area contributed by atoms with E-state index in [0.29, 0.717) is 6.04 Å². The number of hydrogen-bond acceptors (Lipinski definition) is 2. The van der Waals surface area contributed by atoms with Gasteiger partial charge in [0.05, 0.1) is 6.61 Å². The summed E-state index contributed by atoms with van der Waals surface area (Å²) in [6, 6.07) is 9.56. The van der Waals surface area contributed by atoms with Gasteiger partial charge in [0.25, 0.3) is 0 Å². The highest BCUT2D eigenvalue weighted by Crippen LogP contribution is 2.21. The summed E-state index contributed by atoms with van der Waals surface area (Å²) >= 11 is 0. The van der Waals surface area contributed by atoms with E-state index in [-0.39, 0.29) is 0 Å². The van der Waals surface area contributed by atoms with Crippen LogP contribution in [0.1, 0.15) is 69.5 Å². The standard InChI is InChI=1S/C19H33NO/c1-4-6-7-8-9-10-19(20-5-2)18-13-11-17(12-14-18)15-16-21-3/h11-14,19-20H,4-10,15-16H2,1-3H3. The highest BCUT2D eigenvalue weighted by molar-refractivity contribution is 5.25. The molecule has 120 valence electrons. The Hall–Kier alpha value is -0.860. The number of rotatable bonds is 12. The average Bonchev–Trinajstić information content (AvgIpc) is 2.52. The zero-order chi connectivity index (χ0) is 15.3. The lowest BCUT2D eigenvalue weighted by atomic mass is 9.98. The van der Waals surface area contributed by atoms with Gasteiger partial charge >= 0.3 is 0 Å². The first-order valence-corrected chi connectivity index (χ1v) is 8.63. The van der Waals surface area contributed by atoms with Gasteiger partial charge < -0.3 is 10.1 Å². The van der Waals surface area contributed by atoms with Gasteiger partial charge in [-0.2, -0.15) is 0 Å². The number of ether oxygens (including phenoxy) is 1. The molecule has 0 aromatic heterocycles. The molecule has 0 aliphatic carbocycles. The quantitative estimate of drug-likeness (QED) is 0.554. The SMILES string of the molecule is CCCCCCCC(NCC)c1ccc(CCOC)cc1. The second-order valence-corrected chi connectivity index (χ2v) is 5.80. The fraction of sp³-hybridized carbons (Fsp3) is 0.684. The van der Waals surface area contributed by atoms with E-state index in [1.54, 1.807) is 7.11 Å². The lowest BCUT2D eigenvalue weighted by Gasteiger charge is -2.19. The van der Waals surface area contributed by atoms with Crippen LogP contribution in [0.4, 0.5) is 0 Å². The Kier molecular flexibility index (Phi) is 10.2. The van der Waals surface area contributed by atoms with Crippen molar-refractivity contribution in [2.24, 2.45) is 0 Å². The minimum Gasteiger partial charge on any atom is -0.384 e. The summed E-state index contributed by atoms with van der Waals surface area (Å²) in [5.74, 6) is 0. The zero-order valence-electron chi connectivity index (χ0n) is 14.2. The molecule has 1 rings (SSSR count). The molecule has 0 fully saturated rings. The highest BCUT2D eigenvalue weighted by atomic mass is 16.5. The summed E-state index contributed by atoms with van der Waals surface area (Å²) in [5.41, 5.74) is 2.78. The van der Waals surface area contributed by atoms with Crippen LogP contribution in [-0.2, 0) is 11.2 Å². The molecule has 1 unspecified atom stereocenters.